The lowest BCUT2D eigenvalue weighted by molar-refractivity contribution is -0.137. The molecular weight excluding hydrogens is 180 g/mol. The molecule has 1 heterocycles. The third-order valence-electron chi connectivity index (χ3n) is 2.11. The van der Waals surface area contributed by atoms with Gasteiger partial charge in [-0.15, -0.1) is 0 Å². The maximum Gasteiger partial charge on any atom is 0.251 e. The highest BCUT2D eigenvalue weighted by Crippen LogP contribution is 2.11. The van der Waals surface area contributed by atoms with E-state index in [1.54, 1.807) is 6.08 Å². The zero-order valence-electron chi connectivity index (χ0n) is 8.41. The van der Waals surface area contributed by atoms with Crippen molar-refractivity contribution in [1.29, 1.82) is 0 Å². The van der Waals surface area contributed by atoms with E-state index >= 15 is 0 Å². The van der Waals surface area contributed by atoms with E-state index in [0.717, 1.165) is 4.90 Å². The third kappa shape index (κ3) is 2.02. The van der Waals surface area contributed by atoms with E-state index in [1.807, 2.05) is 13.0 Å². The van der Waals surface area contributed by atoms with Gasteiger partial charge in [-0.05, 0) is 13.0 Å². The van der Waals surface area contributed by atoms with Crippen LogP contribution >= 0.6 is 0 Å². The van der Waals surface area contributed by atoms with Crippen molar-refractivity contribution in [1.82, 2.24) is 10.2 Å². The zero-order chi connectivity index (χ0) is 10.7. The first-order valence-electron chi connectivity index (χ1n) is 4.44. The minimum atomic E-state index is -0.448. The first-order chi connectivity index (χ1) is 6.56. The topological polar surface area (TPSA) is 49.4 Å². The van der Waals surface area contributed by atoms with Crippen LogP contribution < -0.4 is 5.32 Å². The van der Waals surface area contributed by atoms with Crippen molar-refractivity contribution in [2.45, 2.75) is 19.4 Å². The first kappa shape index (κ1) is 10.5. The van der Waals surface area contributed by atoms with Crippen LogP contribution in [-0.4, -0.2) is 29.8 Å². The van der Waals surface area contributed by atoms with Crippen LogP contribution in [-0.2, 0) is 9.59 Å². The first-order valence-corrected chi connectivity index (χ1v) is 4.44. The zero-order valence-corrected chi connectivity index (χ0v) is 8.41. The lowest BCUT2D eigenvalue weighted by atomic mass is 10.2. The van der Waals surface area contributed by atoms with Gasteiger partial charge in [0.05, 0.1) is 6.42 Å². The molecule has 4 heteroatoms. The van der Waals surface area contributed by atoms with Crippen molar-refractivity contribution < 1.29 is 9.59 Å². The molecule has 1 unspecified atom stereocenters. The van der Waals surface area contributed by atoms with Gasteiger partial charge in [0.2, 0.25) is 5.91 Å². The van der Waals surface area contributed by atoms with Crippen LogP contribution in [0.1, 0.15) is 13.3 Å². The summed E-state index contributed by atoms with van der Waals surface area (Å²) in [6, 6.07) is -0.448. The van der Waals surface area contributed by atoms with Crippen LogP contribution in [0, 0.1) is 0 Å². The molecule has 1 N–H and O–H groups in total. The quantitative estimate of drug-likeness (QED) is 0.523. The highest BCUT2D eigenvalue weighted by molar-refractivity contribution is 6.05. The van der Waals surface area contributed by atoms with Crippen LogP contribution in [0.25, 0.3) is 0 Å². The van der Waals surface area contributed by atoms with Crippen molar-refractivity contribution in [2.75, 3.05) is 7.05 Å². The second kappa shape index (κ2) is 4.09. The molecule has 0 radical (unpaired) electrons. The standard InChI is InChI=1S/C10H14N2O2/c1-4-5-7(2)11-8-6-9(13)12(3)10(8)14/h4-5,8,11H,2,6H2,1,3H3/b5-4-. The van der Waals surface area contributed by atoms with Crippen molar-refractivity contribution in [3.05, 3.63) is 24.4 Å². The van der Waals surface area contributed by atoms with Gasteiger partial charge in [-0.25, -0.2) is 0 Å². The van der Waals surface area contributed by atoms with E-state index in [2.05, 4.69) is 11.9 Å². The Bertz CT molecular complexity index is 307. The molecule has 0 aromatic rings. The number of carbonyl (C=O) groups is 2. The summed E-state index contributed by atoms with van der Waals surface area (Å²) in [5, 5.41) is 2.90. The average Bonchev–Trinajstić information content (AvgIpc) is 2.34. The minimum Gasteiger partial charge on any atom is -0.374 e. The molecule has 0 aromatic heterocycles. The van der Waals surface area contributed by atoms with Gasteiger partial charge in [0.25, 0.3) is 5.91 Å². The fourth-order valence-corrected chi connectivity index (χ4v) is 1.34. The van der Waals surface area contributed by atoms with Crippen LogP contribution in [0.15, 0.2) is 24.4 Å². The predicted octanol–water partition coefficient (Wildman–Crippen LogP) is 0.423. The molecule has 1 aliphatic heterocycles. The molecule has 1 rings (SSSR count). The SMILES string of the molecule is C=C(/C=C\C)NC1CC(=O)N(C)C1=O. The van der Waals surface area contributed by atoms with Gasteiger partial charge < -0.3 is 5.32 Å². The number of likely N-dealkylation sites (tertiary alicyclic amines) is 1. The van der Waals surface area contributed by atoms with Gasteiger partial charge in [-0.2, -0.15) is 0 Å². The van der Waals surface area contributed by atoms with Crippen LogP contribution in [0.4, 0.5) is 0 Å². The Morgan fingerprint density at radius 2 is 2.29 bits per heavy atom. The number of likely N-dealkylation sites (N-methyl/N-ethyl adjacent to an activating group) is 1. The highest BCUT2D eigenvalue weighted by Gasteiger charge is 2.35. The average molecular weight is 194 g/mol. The molecule has 0 aromatic carbocycles. The number of amides is 2. The molecule has 0 aliphatic carbocycles. The second-order valence-corrected chi connectivity index (χ2v) is 3.22. The maximum absolute atomic E-state index is 11.4. The third-order valence-corrected chi connectivity index (χ3v) is 2.11. The number of hydrogen-bond donors (Lipinski definition) is 1. The molecule has 14 heavy (non-hydrogen) atoms. The Morgan fingerprint density at radius 3 is 2.71 bits per heavy atom. The molecule has 1 atom stereocenters. The van der Waals surface area contributed by atoms with E-state index in [4.69, 9.17) is 0 Å². The van der Waals surface area contributed by atoms with Crippen molar-refractivity contribution in [2.24, 2.45) is 0 Å². The molecule has 1 saturated heterocycles. The van der Waals surface area contributed by atoms with E-state index in [1.165, 1.54) is 7.05 Å². The summed E-state index contributed by atoms with van der Waals surface area (Å²) < 4.78 is 0. The number of hydrogen-bond acceptors (Lipinski definition) is 3. The summed E-state index contributed by atoms with van der Waals surface area (Å²) in [6.07, 6.45) is 3.79. The number of nitrogens with one attached hydrogen (secondary N) is 1. The summed E-state index contributed by atoms with van der Waals surface area (Å²) in [5.41, 5.74) is 0.647. The number of nitrogens with zero attached hydrogens (tertiary/aromatic N) is 1. The van der Waals surface area contributed by atoms with Gasteiger partial charge in [-0.3, -0.25) is 14.5 Å². The summed E-state index contributed by atoms with van der Waals surface area (Å²) in [6.45, 7) is 5.57. The molecule has 1 fully saturated rings. The summed E-state index contributed by atoms with van der Waals surface area (Å²) >= 11 is 0. The smallest absolute Gasteiger partial charge is 0.251 e. The van der Waals surface area contributed by atoms with E-state index < -0.39 is 6.04 Å². The Labute approximate surface area is 83.3 Å². The Kier molecular flexibility index (Phi) is 3.06. The van der Waals surface area contributed by atoms with Gasteiger partial charge in [0.15, 0.2) is 0 Å². The molecule has 4 nitrogen and oxygen atoms in total. The molecule has 2 amide bonds. The molecule has 0 bridgehead atoms. The van der Waals surface area contributed by atoms with E-state index in [9.17, 15) is 9.59 Å². The molecule has 0 saturated carbocycles. The Balaban J connectivity index is 2.60. The normalized spacial score (nSPS) is 22.1. The highest BCUT2D eigenvalue weighted by atomic mass is 16.2. The van der Waals surface area contributed by atoms with Crippen LogP contribution in [0.3, 0.4) is 0 Å². The van der Waals surface area contributed by atoms with Gasteiger partial charge in [-0.1, -0.05) is 12.7 Å². The summed E-state index contributed by atoms with van der Waals surface area (Å²) in [4.78, 5) is 23.7. The molecular formula is C10H14N2O2. The molecule has 1 aliphatic rings. The fraction of sp³-hybridized carbons (Fsp3) is 0.400. The van der Waals surface area contributed by atoms with Crippen molar-refractivity contribution in [3.63, 3.8) is 0 Å². The van der Waals surface area contributed by atoms with E-state index in [0.29, 0.717) is 5.70 Å². The lowest BCUT2D eigenvalue weighted by Gasteiger charge is -2.11. The monoisotopic (exact) mass is 194 g/mol. The number of rotatable bonds is 3. The predicted molar refractivity (Wildman–Crippen MR) is 53.3 cm³/mol. The molecule has 76 valence electrons. The van der Waals surface area contributed by atoms with Gasteiger partial charge in [0.1, 0.15) is 6.04 Å². The Hall–Kier alpha value is -1.58. The Morgan fingerprint density at radius 1 is 1.64 bits per heavy atom. The number of imide groups is 1. The summed E-state index contributed by atoms with van der Waals surface area (Å²) in [7, 11) is 1.49. The van der Waals surface area contributed by atoms with Crippen LogP contribution in [0.2, 0.25) is 0 Å². The second-order valence-electron chi connectivity index (χ2n) is 3.22. The van der Waals surface area contributed by atoms with Crippen molar-refractivity contribution in [3.8, 4) is 0 Å². The van der Waals surface area contributed by atoms with E-state index in [-0.39, 0.29) is 18.2 Å². The summed E-state index contributed by atoms with van der Waals surface area (Å²) in [5.74, 6) is -0.346. The number of allylic oxidation sites excluding steroid dienone is 2. The van der Waals surface area contributed by atoms with Gasteiger partial charge >= 0.3 is 0 Å². The maximum atomic E-state index is 11.4. The van der Waals surface area contributed by atoms with Crippen molar-refractivity contribution >= 4 is 11.8 Å². The fourth-order valence-electron chi connectivity index (χ4n) is 1.34. The lowest BCUT2D eigenvalue weighted by Crippen LogP contribution is -2.36. The van der Waals surface area contributed by atoms with Crippen LogP contribution in [0.5, 0.6) is 0 Å². The number of carbonyl (C=O) groups excluding carboxylic acids is 2. The van der Waals surface area contributed by atoms with Gasteiger partial charge in [0, 0.05) is 12.7 Å². The largest absolute Gasteiger partial charge is 0.374 e. The molecule has 0 spiro atoms. The minimum absolute atomic E-state index is 0.152.